The van der Waals surface area contributed by atoms with Crippen LogP contribution in [0.1, 0.15) is 42.0 Å². The van der Waals surface area contributed by atoms with E-state index in [-0.39, 0.29) is 5.91 Å². The summed E-state index contributed by atoms with van der Waals surface area (Å²) in [4.78, 5) is 14.9. The van der Waals surface area contributed by atoms with Gasteiger partial charge in [-0.2, -0.15) is 0 Å². The predicted molar refractivity (Wildman–Crippen MR) is 109 cm³/mol. The van der Waals surface area contributed by atoms with Gasteiger partial charge in [-0.15, -0.1) is 0 Å². The van der Waals surface area contributed by atoms with Crippen LogP contribution >= 0.6 is 0 Å². The highest BCUT2D eigenvalue weighted by Gasteiger charge is 2.15. The minimum absolute atomic E-state index is 0.0981. The fourth-order valence-corrected chi connectivity index (χ4v) is 3.63. The summed E-state index contributed by atoms with van der Waals surface area (Å²) < 4.78 is 5.82. The summed E-state index contributed by atoms with van der Waals surface area (Å²) in [5, 5.41) is 2.99. The van der Waals surface area contributed by atoms with Crippen LogP contribution in [0.2, 0.25) is 0 Å². The van der Waals surface area contributed by atoms with E-state index in [2.05, 4.69) is 40.5 Å². The summed E-state index contributed by atoms with van der Waals surface area (Å²) in [5.41, 5.74) is 4.70. The standard InChI is InChI=1S/C23H30N2O2/c1-17-11-18(2)13-22(12-17)27-19(3)23(26)24-15-20-7-6-8-21(14-20)16-25-9-4-5-10-25/h6-8,11-14,19H,4-5,9-10,15-16H2,1-3H3,(H,24,26)/t19-/m1/s1. The van der Waals surface area contributed by atoms with Crippen molar-refractivity contribution in [3.63, 3.8) is 0 Å². The van der Waals surface area contributed by atoms with Gasteiger partial charge in [-0.25, -0.2) is 0 Å². The van der Waals surface area contributed by atoms with E-state index in [4.69, 9.17) is 4.74 Å². The third-order valence-electron chi connectivity index (χ3n) is 4.94. The number of hydrogen-bond acceptors (Lipinski definition) is 3. The Morgan fingerprint density at radius 1 is 1.07 bits per heavy atom. The monoisotopic (exact) mass is 366 g/mol. The van der Waals surface area contributed by atoms with Crippen LogP contribution in [0.25, 0.3) is 0 Å². The molecule has 27 heavy (non-hydrogen) atoms. The van der Waals surface area contributed by atoms with Crippen molar-refractivity contribution >= 4 is 5.91 Å². The maximum absolute atomic E-state index is 12.4. The summed E-state index contributed by atoms with van der Waals surface area (Å²) in [7, 11) is 0. The number of amides is 1. The van der Waals surface area contributed by atoms with Gasteiger partial charge in [0, 0.05) is 13.1 Å². The number of benzene rings is 2. The molecule has 3 rings (SSSR count). The van der Waals surface area contributed by atoms with Crippen molar-refractivity contribution in [2.45, 2.75) is 52.8 Å². The SMILES string of the molecule is Cc1cc(C)cc(O[C@H](C)C(=O)NCc2cccc(CN3CCCC3)c2)c1. The Morgan fingerprint density at radius 3 is 2.44 bits per heavy atom. The number of carbonyl (C=O) groups is 1. The van der Waals surface area contributed by atoms with Crippen molar-refractivity contribution in [1.82, 2.24) is 10.2 Å². The van der Waals surface area contributed by atoms with Gasteiger partial charge >= 0.3 is 0 Å². The van der Waals surface area contributed by atoms with Crippen LogP contribution in [-0.2, 0) is 17.9 Å². The molecule has 0 spiro atoms. The molecule has 1 aliphatic rings. The number of ether oxygens (including phenoxy) is 1. The molecule has 0 saturated carbocycles. The van der Waals surface area contributed by atoms with Gasteiger partial charge in [0.05, 0.1) is 0 Å². The highest BCUT2D eigenvalue weighted by Crippen LogP contribution is 2.18. The lowest BCUT2D eigenvalue weighted by Gasteiger charge is -2.17. The summed E-state index contributed by atoms with van der Waals surface area (Å²) in [6, 6.07) is 14.5. The summed E-state index contributed by atoms with van der Waals surface area (Å²) in [6.07, 6.45) is 2.07. The molecule has 1 amide bonds. The number of rotatable bonds is 7. The molecule has 2 aromatic carbocycles. The molecule has 0 aliphatic carbocycles. The second-order valence-corrected chi connectivity index (χ2v) is 7.60. The molecule has 0 bridgehead atoms. The number of nitrogens with one attached hydrogen (secondary N) is 1. The smallest absolute Gasteiger partial charge is 0.261 e. The number of likely N-dealkylation sites (tertiary alicyclic amines) is 1. The molecule has 1 heterocycles. The Hall–Kier alpha value is -2.33. The van der Waals surface area contributed by atoms with E-state index >= 15 is 0 Å². The Kier molecular flexibility index (Phi) is 6.51. The van der Waals surface area contributed by atoms with Gasteiger partial charge in [-0.1, -0.05) is 30.3 Å². The van der Waals surface area contributed by atoms with Crippen LogP contribution in [0.15, 0.2) is 42.5 Å². The second-order valence-electron chi connectivity index (χ2n) is 7.60. The number of aryl methyl sites for hydroxylation is 2. The lowest BCUT2D eigenvalue weighted by molar-refractivity contribution is -0.127. The number of hydrogen-bond donors (Lipinski definition) is 1. The highest BCUT2D eigenvalue weighted by atomic mass is 16.5. The van der Waals surface area contributed by atoms with E-state index in [1.54, 1.807) is 6.92 Å². The molecule has 1 saturated heterocycles. The molecule has 4 heteroatoms. The molecule has 1 fully saturated rings. The largest absolute Gasteiger partial charge is 0.481 e. The lowest BCUT2D eigenvalue weighted by atomic mass is 10.1. The first kappa shape index (κ1) is 19.4. The lowest BCUT2D eigenvalue weighted by Crippen LogP contribution is -2.35. The van der Waals surface area contributed by atoms with Crippen molar-refractivity contribution in [3.8, 4) is 5.75 Å². The highest BCUT2D eigenvalue weighted by molar-refractivity contribution is 5.80. The number of carbonyl (C=O) groups excluding carboxylic acids is 1. The van der Waals surface area contributed by atoms with E-state index < -0.39 is 6.10 Å². The van der Waals surface area contributed by atoms with Crippen molar-refractivity contribution < 1.29 is 9.53 Å². The Balaban J connectivity index is 1.52. The maximum Gasteiger partial charge on any atom is 0.261 e. The topological polar surface area (TPSA) is 41.6 Å². The van der Waals surface area contributed by atoms with Crippen LogP contribution in [0.3, 0.4) is 0 Å². The van der Waals surface area contributed by atoms with Gasteiger partial charge in [0.15, 0.2) is 6.10 Å². The van der Waals surface area contributed by atoms with Crippen LogP contribution in [0.4, 0.5) is 0 Å². The average molecular weight is 367 g/mol. The van der Waals surface area contributed by atoms with E-state index in [0.29, 0.717) is 6.54 Å². The van der Waals surface area contributed by atoms with Gasteiger partial charge in [-0.05, 0) is 81.1 Å². The van der Waals surface area contributed by atoms with Crippen LogP contribution < -0.4 is 10.1 Å². The molecular weight excluding hydrogens is 336 g/mol. The Bertz CT molecular complexity index is 761. The second kappa shape index (κ2) is 9.05. The first-order valence-corrected chi connectivity index (χ1v) is 9.82. The zero-order valence-electron chi connectivity index (χ0n) is 16.6. The van der Waals surface area contributed by atoms with Crippen LogP contribution in [0.5, 0.6) is 5.75 Å². The van der Waals surface area contributed by atoms with Crippen LogP contribution in [-0.4, -0.2) is 30.0 Å². The number of nitrogens with zero attached hydrogens (tertiary/aromatic N) is 1. The predicted octanol–water partition coefficient (Wildman–Crippen LogP) is 3.98. The van der Waals surface area contributed by atoms with E-state index in [0.717, 1.165) is 29.0 Å². The van der Waals surface area contributed by atoms with Gasteiger partial charge in [0.1, 0.15) is 5.75 Å². The van der Waals surface area contributed by atoms with Crippen molar-refractivity contribution in [2.24, 2.45) is 0 Å². The molecule has 4 nitrogen and oxygen atoms in total. The van der Waals surface area contributed by atoms with Gasteiger partial charge in [-0.3, -0.25) is 9.69 Å². The molecule has 144 valence electrons. The summed E-state index contributed by atoms with van der Waals surface area (Å²) in [6.45, 7) is 9.74. The Labute approximate surface area is 162 Å². The zero-order valence-corrected chi connectivity index (χ0v) is 16.6. The van der Waals surface area contributed by atoms with E-state index in [1.165, 1.54) is 31.5 Å². The average Bonchev–Trinajstić information content (AvgIpc) is 3.12. The first-order chi connectivity index (χ1) is 13.0. The fraction of sp³-hybridized carbons (Fsp3) is 0.435. The maximum atomic E-state index is 12.4. The molecule has 0 aromatic heterocycles. The molecule has 1 aliphatic heterocycles. The van der Waals surface area contributed by atoms with Crippen molar-refractivity contribution in [3.05, 3.63) is 64.7 Å². The molecule has 2 aromatic rings. The van der Waals surface area contributed by atoms with Crippen molar-refractivity contribution in [2.75, 3.05) is 13.1 Å². The van der Waals surface area contributed by atoms with Gasteiger partial charge in [0.25, 0.3) is 5.91 Å². The molecule has 1 N–H and O–H groups in total. The molecule has 0 radical (unpaired) electrons. The third-order valence-corrected chi connectivity index (χ3v) is 4.94. The zero-order chi connectivity index (χ0) is 19.2. The minimum Gasteiger partial charge on any atom is -0.481 e. The van der Waals surface area contributed by atoms with Crippen LogP contribution in [0, 0.1) is 13.8 Å². The fourth-order valence-electron chi connectivity index (χ4n) is 3.63. The Morgan fingerprint density at radius 2 is 1.74 bits per heavy atom. The van der Waals surface area contributed by atoms with E-state index in [9.17, 15) is 4.79 Å². The molecular formula is C23H30N2O2. The quantitative estimate of drug-likeness (QED) is 0.806. The normalized spacial score (nSPS) is 15.5. The third kappa shape index (κ3) is 5.83. The molecule has 1 atom stereocenters. The van der Waals surface area contributed by atoms with Gasteiger partial charge in [0.2, 0.25) is 0 Å². The van der Waals surface area contributed by atoms with E-state index in [1.807, 2.05) is 26.0 Å². The van der Waals surface area contributed by atoms with Crippen molar-refractivity contribution in [1.29, 1.82) is 0 Å². The summed E-state index contributed by atoms with van der Waals surface area (Å²) in [5.74, 6) is 0.641. The minimum atomic E-state index is -0.529. The first-order valence-electron chi connectivity index (χ1n) is 9.82. The summed E-state index contributed by atoms with van der Waals surface area (Å²) >= 11 is 0. The van der Waals surface area contributed by atoms with Gasteiger partial charge < -0.3 is 10.1 Å². The molecule has 0 unspecified atom stereocenters.